The van der Waals surface area contributed by atoms with Crippen molar-refractivity contribution in [1.29, 1.82) is 0 Å². The number of hydrogen-bond donors (Lipinski definition) is 1. The van der Waals surface area contributed by atoms with Gasteiger partial charge in [-0.25, -0.2) is 4.39 Å². The first-order chi connectivity index (χ1) is 10.7. The second kappa shape index (κ2) is 8.44. The average molecular weight is 319 g/mol. The van der Waals surface area contributed by atoms with Crippen molar-refractivity contribution in [2.75, 3.05) is 17.7 Å². The van der Waals surface area contributed by atoms with Crippen LogP contribution < -0.4 is 10.1 Å². The Bertz CT molecular complexity index is 616. The highest BCUT2D eigenvalue weighted by Gasteiger charge is 2.06. The monoisotopic (exact) mass is 319 g/mol. The van der Waals surface area contributed by atoms with E-state index in [0.29, 0.717) is 23.8 Å². The summed E-state index contributed by atoms with van der Waals surface area (Å²) < 4.78 is 18.3. The number of amides is 1. The summed E-state index contributed by atoms with van der Waals surface area (Å²) in [5.74, 6) is 1.46. The van der Waals surface area contributed by atoms with Gasteiger partial charge in [0.1, 0.15) is 11.6 Å². The fraction of sp³-hybridized carbons (Fsp3) is 0.235. The van der Waals surface area contributed by atoms with Crippen molar-refractivity contribution in [3.63, 3.8) is 0 Å². The van der Waals surface area contributed by atoms with Gasteiger partial charge in [-0.15, -0.1) is 11.8 Å². The van der Waals surface area contributed by atoms with Gasteiger partial charge in [-0.1, -0.05) is 18.2 Å². The summed E-state index contributed by atoms with van der Waals surface area (Å²) in [5, 5.41) is 2.74. The molecule has 2 aromatic carbocycles. The topological polar surface area (TPSA) is 38.3 Å². The van der Waals surface area contributed by atoms with Crippen molar-refractivity contribution in [1.82, 2.24) is 0 Å². The first kappa shape index (κ1) is 16.4. The lowest BCUT2D eigenvalue weighted by Crippen LogP contribution is -2.14. The number of hydrogen-bond acceptors (Lipinski definition) is 3. The Hall–Kier alpha value is -2.01. The molecule has 0 fully saturated rings. The van der Waals surface area contributed by atoms with Gasteiger partial charge in [0, 0.05) is 17.0 Å². The first-order valence-corrected chi connectivity index (χ1v) is 8.18. The van der Waals surface area contributed by atoms with Gasteiger partial charge < -0.3 is 10.1 Å². The number of benzene rings is 2. The molecule has 5 heteroatoms. The maximum atomic E-state index is 12.8. The van der Waals surface area contributed by atoms with E-state index in [1.165, 1.54) is 23.9 Å². The van der Waals surface area contributed by atoms with Gasteiger partial charge in [0.2, 0.25) is 5.91 Å². The minimum atomic E-state index is -0.320. The van der Waals surface area contributed by atoms with E-state index >= 15 is 0 Å². The molecule has 0 spiro atoms. The molecule has 2 aromatic rings. The summed E-state index contributed by atoms with van der Waals surface area (Å²) in [4.78, 5) is 11.8. The average Bonchev–Trinajstić information content (AvgIpc) is 2.51. The molecule has 22 heavy (non-hydrogen) atoms. The van der Waals surface area contributed by atoms with Crippen LogP contribution in [0.5, 0.6) is 5.75 Å². The Morgan fingerprint density at radius 1 is 1.18 bits per heavy atom. The van der Waals surface area contributed by atoms with Gasteiger partial charge in [-0.2, -0.15) is 0 Å². The van der Waals surface area contributed by atoms with Crippen molar-refractivity contribution < 1.29 is 13.9 Å². The number of thioether (sulfide) groups is 1. The van der Waals surface area contributed by atoms with Gasteiger partial charge in [0.05, 0.1) is 12.4 Å². The molecular formula is C17H18FNO2S. The third-order valence-electron chi connectivity index (χ3n) is 2.89. The van der Waals surface area contributed by atoms with Crippen LogP contribution in [-0.4, -0.2) is 18.3 Å². The molecule has 0 saturated carbocycles. The van der Waals surface area contributed by atoms with Crippen LogP contribution in [-0.2, 0) is 10.5 Å². The van der Waals surface area contributed by atoms with Crippen LogP contribution in [0, 0.1) is 5.82 Å². The van der Waals surface area contributed by atoms with E-state index in [1.807, 2.05) is 31.2 Å². The standard InChI is InChI=1S/C17H18FNO2S/c1-2-21-16-6-4-3-5-13(16)11-22-12-17(20)19-15-9-7-14(18)8-10-15/h3-10H,2,11-12H2,1H3,(H,19,20). The van der Waals surface area contributed by atoms with Crippen LogP contribution in [0.25, 0.3) is 0 Å². The fourth-order valence-electron chi connectivity index (χ4n) is 1.90. The normalized spacial score (nSPS) is 10.3. The maximum absolute atomic E-state index is 12.8. The summed E-state index contributed by atoms with van der Waals surface area (Å²) in [7, 11) is 0. The Balaban J connectivity index is 1.81. The number of para-hydroxylation sites is 1. The van der Waals surface area contributed by atoms with Crippen LogP contribution in [0.4, 0.5) is 10.1 Å². The van der Waals surface area contributed by atoms with E-state index in [2.05, 4.69) is 5.32 Å². The minimum absolute atomic E-state index is 0.106. The lowest BCUT2D eigenvalue weighted by molar-refractivity contribution is -0.113. The zero-order valence-corrected chi connectivity index (χ0v) is 13.2. The maximum Gasteiger partial charge on any atom is 0.234 e. The molecule has 3 nitrogen and oxygen atoms in total. The zero-order chi connectivity index (χ0) is 15.8. The number of carbonyl (C=O) groups is 1. The molecule has 0 aliphatic carbocycles. The van der Waals surface area contributed by atoms with Crippen molar-refractivity contribution in [2.24, 2.45) is 0 Å². The molecule has 116 valence electrons. The van der Waals surface area contributed by atoms with E-state index in [9.17, 15) is 9.18 Å². The van der Waals surface area contributed by atoms with Crippen LogP contribution >= 0.6 is 11.8 Å². The number of halogens is 1. The summed E-state index contributed by atoms with van der Waals surface area (Å²) >= 11 is 1.51. The third-order valence-corrected chi connectivity index (χ3v) is 3.87. The summed E-state index contributed by atoms with van der Waals surface area (Å²) in [5.41, 5.74) is 1.67. The Morgan fingerprint density at radius 3 is 2.64 bits per heavy atom. The van der Waals surface area contributed by atoms with Gasteiger partial charge in [-0.05, 0) is 37.3 Å². The quantitative estimate of drug-likeness (QED) is 0.835. The highest BCUT2D eigenvalue weighted by molar-refractivity contribution is 7.99. The van der Waals surface area contributed by atoms with Gasteiger partial charge >= 0.3 is 0 Å². The molecule has 0 aliphatic rings. The second-order valence-corrected chi connectivity index (χ2v) is 5.57. The minimum Gasteiger partial charge on any atom is -0.494 e. The van der Waals surface area contributed by atoms with E-state index < -0.39 is 0 Å². The molecule has 1 N–H and O–H groups in total. The zero-order valence-electron chi connectivity index (χ0n) is 12.3. The number of rotatable bonds is 7. The number of anilines is 1. The second-order valence-electron chi connectivity index (χ2n) is 4.59. The van der Waals surface area contributed by atoms with Gasteiger partial charge in [0.15, 0.2) is 0 Å². The molecule has 0 heterocycles. The highest BCUT2D eigenvalue weighted by Crippen LogP contribution is 2.23. The Labute approximate surface area is 133 Å². The molecule has 0 bridgehead atoms. The molecule has 1 amide bonds. The van der Waals surface area contributed by atoms with Crippen LogP contribution in [0.3, 0.4) is 0 Å². The third kappa shape index (κ3) is 5.07. The van der Waals surface area contributed by atoms with Crippen LogP contribution in [0.2, 0.25) is 0 Å². The number of ether oxygens (including phenoxy) is 1. The predicted molar refractivity (Wildman–Crippen MR) is 88.8 cm³/mol. The molecule has 0 atom stereocenters. The SMILES string of the molecule is CCOc1ccccc1CSCC(=O)Nc1ccc(F)cc1. The first-order valence-electron chi connectivity index (χ1n) is 7.03. The van der Waals surface area contributed by atoms with Crippen LogP contribution in [0.1, 0.15) is 12.5 Å². The lowest BCUT2D eigenvalue weighted by atomic mass is 10.2. The fourth-order valence-corrected chi connectivity index (χ4v) is 2.72. The molecule has 0 saturated heterocycles. The van der Waals surface area contributed by atoms with Gasteiger partial charge in [0.25, 0.3) is 0 Å². The number of nitrogens with one attached hydrogen (secondary N) is 1. The van der Waals surface area contributed by atoms with E-state index in [4.69, 9.17) is 4.74 Å². The van der Waals surface area contributed by atoms with Crippen molar-refractivity contribution in [3.8, 4) is 5.75 Å². The molecule has 0 unspecified atom stereocenters. The predicted octanol–water partition coefficient (Wildman–Crippen LogP) is 4.10. The molecular weight excluding hydrogens is 301 g/mol. The van der Waals surface area contributed by atoms with Crippen LogP contribution in [0.15, 0.2) is 48.5 Å². The molecule has 0 radical (unpaired) electrons. The Kier molecular flexibility index (Phi) is 6.27. The largest absolute Gasteiger partial charge is 0.494 e. The summed E-state index contributed by atoms with van der Waals surface area (Å²) in [6, 6.07) is 13.5. The van der Waals surface area contributed by atoms with Crippen molar-refractivity contribution in [3.05, 3.63) is 59.9 Å². The van der Waals surface area contributed by atoms with Gasteiger partial charge in [-0.3, -0.25) is 4.79 Å². The van der Waals surface area contributed by atoms with E-state index in [1.54, 1.807) is 12.1 Å². The van der Waals surface area contributed by atoms with E-state index in [0.717, 1.165) is 11.3 Å². The summed E-state index contributed by atoms with van der Waals surface area (Å²) in [6.45, 7) is 2.56. The Morgan fingerprint density at radius 2 is 1.91 bits per heavy atom. The van der Waals surface area contributed by atoms with E-state index in [-0.39, 0.29) is 11.7 Å². The molecule has 0 aromatic heterocycles. The smallest absolute Gasteiger partial charge is 0.234 e. The van der Waals surface area contributed by atoms with Crippen molar-refractivity contribution in [2.45, 2.75) is 12.7 Å². The van der Waals surface area contributed by atoms with Crippen molar-refractivity contribution >= 4 is 23.4 Å². The number of carbonyl (C=O) groups excluding carboxylic acids is 1. The lowest BCUT2D eigenvalue weighted by Gasteiger charge is -2.09. The molecule has 2 rings (SSSR count). The highest BCUT2D eigenvalue weighted by atomic mass is 32.2. The summed E-state index contributed by atoms with van der Waals surface area (Å²) in [6.07, 6.45) is 0. The molecule has 0 aliphatic heterocycles.